The zero-order valence-corrected chi connectivity index (χ0v) is 31.9. The van der Waals surface area contributed by atoms with E-state index in [9.17, 15) is 9.59 Å². The second kappa shape index (κ2) is 16.0. The summed E-state index contributed by atoms with van der Waals surface area (Å²) in [7, 11) is 0. The quantitative estimate of drug-likeness (QED) is 0.187. The summed E-state index contributed by atoms with van der Waals surface area (Å²) in [5, 5.41) is 9.40. The zero-order valence-electron chi connectivity index (χ0n) is 31.9. The number of rotatable bonds is 7. The van der Waals surface area contributed by atoms with E-state index >= 15 is 0 Å². The predicted octanol–water partition coefficient (Wildman–Crippen LogP) is 10.1. The zero-order chi connectivity index (χ0) is 36.0. The topological polar surface area (TPSA) is 114 Å². The maximum absolute atomic E-state index is 12.3. The molecule has 5 N–H and O–H groups in total. The molecule has 0 radical (unpaired) electrons. The van der Waals surface area contributed by atoms with E-state index in [1.54, 1.807) is 0 Å². The molecule has 1 aromatic heterocycles. The number of hydrogen-bond donors (Lipinski definition) is 4. The van der Waals surface area contributed by atoms with Crippen molar-refractivity contribution >= 4 is 45.6 Å². The molecule has 2 fully saturated rings. The molecule has 0 spiro atoms. The van der Waals surface area contributed by atoms with Crippen LogP contribution in [-0.2, 0) is 21.5 Å². The number of amides is 2. The first-order valence-corrected chi connectivity index (χ1v) is 18.7. The molecule has 2 aliphatic rings. The van der Waals surface area contributed by atoms with Gasteiger partial charge in [0.15, 0.2) is 0 Å². The highest BCUT2D eigenvalue weighted by Crippen LogP contribution is 2.33. The third-order valence-corrected chi connectivity index (χ3v) is 9.82. The summed E-state index contributed by atoms with van der Waals surface area (Å²) in [6.45, 7) is 20.2. The van der Waals surface area contributed by atoms with Crippen molar-refractivity contribution in [2.24, 2.45) is 22.7 Å². The summed E-state index contributed by atoms with van der Waals surface area (Å²) >= 11 is 0. The lowest BCUT2D eigenvalue weighted by Crippen LogP contribution is -2.27. The van der Waals surface area contributed by atoms with E-state index in [0.717, 1.165) is 53.3 Å². The number of aromatic nitrogens is 2. The van der Waals surface area contributed by atoms with Crippen molar-refractivity contribution in [3.05, 3.63) is 42.2 Å². The molecule has 270 valence electrons. The number of hydrogen-bond acceptors (Lipinski definition) is 5. The van der Waals surface area contributed by atoms with Crippen LogP contribution in [0.15, 0.2) is 36.4 Å². The number of nitrogens with one attached hydrogen (secondary N) is 3. The second-order valence-electron chi connectivity index (χ2n) is 17.6. The van der Waals surface area contributed by atoms with Crippen LogP contribution in [0.1, 0.15) is 132 Å². The summed E-state index contributed by atoms with van der Waals surface area (Å²) in [6, 6.07) is 11.8. The van der Waals surface area contributed by atoms with Gasteiger partial charge in [0.05, 0.1) is 22.4 Å². The highest BCUT2D eigenvalue weighted by Gasteiger charge is 2.26. The van der Waals surface area contributed by atoms with Gasteiger partial charge in [-0.2, -0.15) is 0 Å². The van der Waals surface area contributed by atoms with E-state index in [1.807, 2.05) is 71.9 Å². The van der Waals surface area contributed by atoms with Crippen LogP contribution >= 0.6 is 0 Å². The van der Waals surface area contributed by atoms with Gasteiger partial charge in [-0.05, 0) is 73.9 Å². The van der Waals surface area contributed by atoms with Crippen molar-refractivity contribution in [2.75, 3.05) is 28.2 Å². The number of nitrogen functional groups attached to an aromatic ring is 1. The lowest BCUT2D eigenvalue weighted by Gasteiger charge is -2.26. The first kappa shape index (κ1) is 38.3. The summed E-state index contributed by atoms with van der Waals surface area (Å²) in [6.07, 6.45) is 13.4. The molecule has 2 amide bonds. The Morgan fingerprint density at radius 3 is 1.76 bits per heavy atom. The van der Waals surface area contributed by atoms with Gasteiger partial charge in [0.1, 0.15) is 5.82 Å². The molecule has 8 heteroatoms. The number of benzene rings is 2. The molecule has 5 rings (SSSR count). The lowest BCUT2D eigenvalue weighted by atomic mass is 9.88. The van der Waals surface area contributed by atoms with Gasteiger partial charge < -0.3 is 26.3 Å². The van der Waals surface area contributed by atoms with Crippen LogP contribution in [-0.4, -0.2) is 27.9 Å². The first-order chi connectivity index (χ1) is 22.9. The van der Waals surface area contributed by atoms with Gasteiger partial charge in [-0.1, -0.05) is 101 Å². The SMILES string of the molecule is CC(C)(C)C(=O)Nc1ccc(NCC2CCCCC2)c(N)c1.CC(C)(C)C(=O)Nc1ccc2c(c1)nc(C(C)(C)C)n2CC1CCCCC1. The Balaban J connectivity index is 0.000000226. The van der Waals surface area contributed by atoms with Gasteiger partial charge in [-0.3, -0.25) is 9.59 Å². The molecule has 0 unspecified atom stereocenters. The standard InChI is InChI=1S/C23H35N3O.C18H29N3O/c1-22(2,3)20-25-18-14-17(24-21(27)23(4,5)6)12-13-19(18)26(20)15-16-10-8-7-9-11-16;1-18(2,3)17(22)21-14-9-10-16(15(19)11-14)20-12-13-7-5-4-6-8-13/h12-14,16H,7-11,15H2,1-6H3,(H,24,27);9-11,13,20H,4-8,12,19H2,1-3H3,(H,21,22). The van der Waals surface area contributed by atoms with E-state index in [4.69, 9.17) is 10.7 Å². The first-order valence-electron chi connectivity index (χ1n) is 18.7. The Labute approximate surface area is 295 Å². The fourth-order valence-corrected chi connectivity index (χ4v) is 6.68. The maximum Gasteiger partial charge on any atom is 0.229 e. The average Bonchev–Trinajstić information content (AvgIpc) is 3.39. The summed E-state index contributed by atoms with van der Waals surface area (Å²) in [5.74, 6) is 2.67. The summed E-state index contributed by atoms with van der Waals surface area (Å²) < 4.78 is 2.43. The highest BCUT2D eigenvalue weighted by atomic mass is 16.2. The number of fused-ring (bicyclic) bond motifs is 1. The largest absolute Gasteiger partial charge is 0.397 e. The van der Waals surface area contributed by atoms with Crippen LogP contribution < -0.4 is 21.7 Å². The molecule has 2 aromatic carbocycles. The highest BCUT2D eigenvalue weighted by molar-refractivity contribution is 5.96. The van der Waals surface area contributed by atoms with Gasteiger partial charge in [-0.25, -0.2) is 4.98 Å². The van der Waals surface area contributed by atoms with E-state index in [2.05, 4.69) is 47.4 Å². The molecule has 2 saturated carbocycles. The van der Waals surface area contributed by atoms with Crippen LogP contribution in [0.4, 0.5) is 22.7 Å². The number of nitrogens with two attached hydrogens (primary N) is 1. The van der Waals surface area contributed by atoms with Gasteiger partial charge in [0.2, 0.25) is 11.8 Å². The second-order valence-corrected chi connectivity index (χ2v) is 17.6. The van der Waals surface area contributed by atoms with E-state index in [0.29, 0.717) is 5.69 Å². The molecular weight excluding hydrogens is 608 g/mol. The number of carbonyl (C=O) groups is 2. The Kier molecular flexibility index (Phi) is 12.5. The third-order valence-electron chi connectivity index (χ3n) is 9.82. The van der Waals surface area contributed by atoms with Crippen molar-refractivity contribution in [3.8, 4) is 0 Å². The molecule has 49 heavy (non-hydrogen) atoms. The van der Waals surface area contributed by atoms with Crippen LogP contribution in [0.5, 0.6) is 0 Å². The van der Waals surface area contributed by atoms with E-state index < -0.39 is 10.8 Å². The normalized spacial score (nSPS) is 16.5. The molecule has 1 heterocycles. The van der Waals surface area contributed by atoms with E-state index in [-0.39, 0.29) is 17.2 Å². The van der Waals surface area contributed by atoms with Crippen molar-refractivity contribution in [1.82, 2.24) is 9.55 Å². The van der Waals surface area contributed by atoms with E-state index in [1.165, 1.54) is 69.7 Å². The van der Waals surface area contributed by atoms with Crippen LogP contribution in [0.3, 0.4) is 0 Å². The lowest BCUT2D eigenvalue weighted by molar-refractivity contribution is -0.123. The minimum Gasteiger partial charge on any atom is -0.397 e. The van der Waals surface area contributed by atoms with Gasteiger partial charge >= 0.3 is 0 Å². The minimum absolute atomic E-state index is 0.00480. The maximum atomic E-state index is 12.3. The van der Waals surface area contributed by atoms with Crippen LogP contribution in [0, 0.1) is 22.7 Å². The minimum atomic E-state index is -0.411. The van der Waals surface area contributed by atoms with Crippen molar-refractivity contribution in [3.63, 3.8) is 0 Å². The van der Waals surface area contributed by atoms with Crippen LogP contribution in [0.2, 0.25) is 0 Å². The molecule has 2 aliphatic carbocycles. The Bertz CT molecular complexity index is 1560. The van der Waals surface area contributed by atoms with Gasteiger partial charge in [0, 0.05) is 40.7 Å². The van der Waals surface area contributed by atoms with Crippen molar-refractivity contribution in [1.29, 1.82) is 0 Å². The summed E-state index contributed by atoms with van der Waals surface area (Å²) in [4.78, 5) is 29.3. The van der Waals surface area contributed by atoms with Gasteiger partial charge in [-0.15, -0.1) is 0 Å². The molecule has 0 atom stereocenters. The van der Waals surface area contributed by atoms with Gasteiger partial charge in [0.25, 0.3) is 0 Å². The molecule has 0 saturated heterocycles. The Morgan fingerprint density at radius 2 is 1.24 bits per heavy atom. The predicted molar refractivity (Wildman–Crippen MR) is 207 cm³/mol. The molecule has 0 aliphatic heterocycles. The smallest absolute Gasteiger partial charge is 0.229 e. The monoisotopic (exact) mass is 673 g/mol. The number of carbonyl (C=O) groups excluding carboxylic acids is 2. The third kappa shape index (κ3) is 11.0. The number of nitrogens with zero attached hydrogens (tertiary/aromatic N) is 2. The van der Waals surface area contributed by atoms with Crippen molar-refractivity contribution < 1.29 is 9.59 Å². The van der Waals surface area contributed by atoms with Crippen molar-refractivity contribution in [2.45, 2.75) is 138 Å². The fourth-order valence-electron chi connectivity index (χ4n) is 6.68. The molecule has 3 aromatic rings. The summed E-state index contributed by atoms with van der Waals surface area (Å²) in [5.41, 5.74) is 10.6. The fraction of sp³-hybridized carbons (Fsp3) is 0.634. The Morgan fingerprint density at radius 1 is 0.735 bits per heavy atom. The molecule has 8 nitrogen and oxygen atoms in total. The number of anilines is 4. The average molecular weight is 673 g/mol. The van der Waals surface area contributed by atoms with Crippen LogP contribution in [0.25, 0.3) is 11.0 Å². The number of imidazole rings is 1. The molecule has 0 bridgehead atoms. The Hall–Kier alpha value is -3.55. The molecular formula is C41H64N6O2.